The van der Waals surface area contributed by atoms with Gasteiger partial charge in [0.1, 0.15) is 0 Å². The van der Waals surface area contributed by atoms with Gasteiger partial charge in [0.05, 0.1) is 39.9 Å². The molecule has 1 atom stereocenters. The maximum atomic E-state index is 12.5. The summed E-state index contributed by atoms with van der Waals surface area (Å²) in [6, 6.07) is 11.0. The summed E-state index contributed by atoms with van der Waals surface area (Å²) in [5.41, 5.74) is 1.80. The van der Waals surface area contributed by atoms with Gasteiger partial charge in [0.2, 0.25) is 5.91 Å². The number of hydrogen-bond donors (Lipinski definition) is 1. The van der Waals surface area contributed by atoms with E-state index in [1.54, 1.807) is 20.3 Å². The zero-order valence-corrected chi connectivity index (χ0v) is 17.2. The molecule has 0 bridgehead atoms. The second-order valence-electron chi connectivity index (χ2n) is 6.23. The van der Waals surface area contributed by atoms with E-state index in [9.17, 15) is 4.79 Å². The smallest absolute Gasteiger partial charge is 0.224 e. The lowest BCUT2D eigenvalue weighted by Crippen LogP contribution is -2.28. The fraction of sp³-hybridized carbons (Fsp3) is 0.409. The lowest BCUT2D eigenvalue weighted by atomic mass is 10.1. The molecule has 0 fully saturated rings. The molecule has 0 saturated carbocycles. The lowest BCUT2D eigenvalue weighted by Gasteiger charge is -2.18. The fourth-order valence-electron chi connectivity index (χ4n) is 2.89. The summed E-state index contributed by atoms with van der Waals surface area (Å²) in [5, 5.41) is 3.02. The van der Waals surface area contributed by atoms with Gasteiger partial charge < -0.3 is 24.3 Å². The predicted molar refractivity (Wildman–Crippen MR) is 109 cm³/mol. The maximum absolute atomic E-state index is 12.5. The van der Waals surface area contributed by atoms with Gasteiger partial charge in [-0.05, 0) is 56.2 Å². The van der Waals surface area contributed by atoms with Crippen molar-refractivity contribution >= 4 is 5.91 Å². The molecular formula is C22H29NO5. The van der Waals surface area contributed by atoms with E-state index in [2.05, 4.69) is 5.32 Å². The Bertz CT molecular complexity index is 790. The highest BCUT2D eigenvalue weighted by molar-refractivity contribution is 5.79. The van der Waals surface area contributed by atoms with Crippen molar-refractivity contribution in [2.75, 3.05) is 27.4 Å². The zero-order valence-electron chi connectivity index (χ0n) is 17.2. The van der Waals surface area contributed by atoms with E-state index < -0.39 is 0 Å². The van der Waals surface area contributed by atoms with Gasteiger partial charge in [0, 0.05) is 0 Å². The molecule has 0 saturated heterocycles. The topological polar surface area (TPSA) is 66.0 Å². The molecule has 0 heterocycles. The van der Waals surface area contributed by atoms with E-state index in [1.807, 2.05) is 51.1 Å². The highest BCUT2D eigenvalue weighted by atomic mass is 16.5. The first-order chi connectivity index (χ1) is 13.5. The van der Waals surface area contributed by atoms with E-state index in [4.69, 9.17) is 18.9 Å². The van der Waals surface area contributed by atoms with E-state index >= 15 is 0 Å². The van der Waals surface area contributed by atoms with Crippen LogP contribution >= 0.6 is 0 Å². The van der Waals surface area contributed by atoms with Crippen molar-refractivity contribution in [3.05, 3.63) is 47.5 Å². The number of hydrogen-bond acceptors (Lipinski definition) is 5. The van der Waals surface area contributed by atoms with Gasteiger partial charge in [-0.2, -0.15) is 0 Å². The molecule has 28 heavy (non-hydrogen) atoms. The SMILES string of the molecule is CCOc1ccc(C(C)NC(=O)Cc2ccc(OC)c(OC)c2)cc1OCC. The Morgan fingerprint density at radius 3 is 2.18 bits per heavy atom. The highest BCUT2D eigenvalue weighted by Gasteiger charge is 2.14. The second-order valence-corrected chi connectivity index (χ2v) is 6.23. The minimum absolute atomic E-state index is 0.0773. The van der Waals surface area contributed by atoms with E-state index in [-0.39, 0.29) is 18.4 Å². The van der Waals surface area contributed by atoms with Crippen LogP contribution in [0.5, 0.6) is 23.0 Å². The van der Waals surface area contributed by atoms with Crippen LogP contribution in [0, 0.1) is 0 Å². The van der Waals surface area contributed by atoms with Crippen LogP contribution in [0.1, 0.15) is 37.9 Å². The van der Waals surface area contributed by atoms with Crippen molar-refractivity contribution < 1.29 is 23.7 Å². The average Bonchev–Trinajstić information content (AvgIpc) is 2.69. The summed E-state index contributed by atoms with van der Waals surface area (Å²) in [5.74, 6) is 2.55. The predicted octanol–water partition coefficient (Wildman–Crippen LogP) is 3.92. The van der Waals surface area contributed by atoms with E-state index in [0.717, 1.165) is 11.1 Å². The summed E-state index contributed by atoms with van der Waals surface area (Å²) in [6.45, 7) is 6.91. The fourth-order valence-corrected chi connectivity index (χ4v) is 2.89. The van der Waals surface area contributed by atoms with Crippen molar-refractivity contribution in [1.29, 1.82) is 0 Å². The van der Waals surface area contributed by atoms with Crippen molar-refractivity contribution in [3.8, 4) is 23.0 Å². The van der Waals surface area contributed by atoms with Gasteiger partial charge >= 0.3 is 0 Å². The van der Waals surface area contributed by atoms with Gasteiger partial charge in [-0.3, -0.25) is 4.79 Å². The first-order valence-electron chi connectivity index (χ1n) is 9.42. The Morgan fingerprint density at radius 2 is 1.54 bits per heavy atom. The molecule has 6 heteroatoms. The molecule has 0 aliphatic rings. The molecule has 0 spiro atoms. The number of amides is 1. The first-order valence-corrected chi connectivity index (χ1v) is 9.42. The maximum Gasteiger partial charge on any atom is 0.224 e. The molecule has 0 aromatic heterocycles. The van der Waals surface area contributed by atoms with Crippen LogP contribution in [0.2, 0.25) is 0 Å². The van der Waals surface area contributed by atoms with Crippen molar-refractivity contribution in [2.45, 2.75) is 33.2 Å². The van der Waals surface area contributed by atoms with Crippen molar-refractivity contribution in [1.82, 2.24) is 5.32 Å². The quantitative estimate of drug-likeness (QED) is 0.669. The number of carbonyl (C=O) groups excluding carboxylic acids is 1. The standard InChI is InChI=1S/C22H29NO5/c1-6-27-19-11-9-17(14-21(19)28-7-2)15(3)23-22(24)13-16-8-10-18(25-4)20(12-16)26-5/h8-12,14-15H,6-7,13H2,1-5H3,(H,23,24). The molecule has 2 rings (SSSR count). The van der Waals surface area contributed by atoms with Crippen LogP contribution in [0.15, 0.2) is 36.4 Å². The molecule has 0 radical (unpaired) electrons. The van der Waals surface area contributed by atoms with Gasteiger partial charge in [0.15, 0.2) is 23.0 Å². The molecule has 6 nitrogen and oxygen atoms in total. The molecule has 1 N–H and O–H groups in total. The average molecular weight is 387 g/mol. The second kappa shape index (κ2) is 10.4. The zero-order chi connectivity index (χ0) is 20.5. The summed E-state index contributed by atoms with van der Waals surface area (Å²) in [7, 11) is 3.16. The van der Waals surface area contributed by atoms with Crippen LogP contribution in [0.3, 0.4) is 0 Å². The first kappa shape index (κ1) is 21.4. The third-order valence-electron chi connectivity index (χ3n) is 4.26. The molecule has 152 valence electrons. The summed E-state index contributed by atoms with van der Waals surface area (Å²) >= 11 is 0. The lowest BCUT2D eigenvalue weighted by molar-refractivity contribution is -0.121. The van der Waals surface area contributed by atoms with Crippen LogP contribution in [0.4, 0.5) is 0 Å². The van der Waals surface area contributed by atoms with Gasteiger partial charge in [0.25, 0.3) is 0 Å². The monoisotopic (exact) mass is 387 g/mol. The summed E-state index contributed by atoms with van der Waals surface area (Å²) < 4.78 is 21.8. The Labute approximate surface area is 166 Å². The normalized spacial score (nSPS) is 11.5. The number of methoxy groups -OCH3 is 2. The van der Waals surface area contributed by atoms with E-state index in [0.29, 0.717) is 36.2 Å². The molecule has 0 aliphatic carbocycles. The van der Waals surface area contributed by atoms with Gasteiger partial charge in [-0.15, -0.1) is 0 Å². The molecule has 2 aromatic rings. The van der Waals surface area contributed by atoms with Crippen LogP contribution in [-0.2, 0) is 11.2 Å². The molecule has 0 aliphatic heterocycles. The third kappa shape index (κ3) is 5.55. The third-order valence-corrected chi connectivity index (χ3v) is 4.26. The Hall–Kier alpha value is -2.89. The number of benzene rings is 2. The minimum Gasteiger partial charge on any atom is -0.493 e. The van der Waals surface area contributed by atoms with Crippen LogP contribution in [0.25, 0.3) is 0 Å². The minimum atomic E-state index is -0.164. The molecule has 1 amide bonds. The number of rotatable bonds is 10. The Balaban J connectivity index is 2.06. The van der Waals surface area contributed by atoms with Crippen molar-refractivity contribution in [3.63, 3.8) is 0 Å². The van der Waals surface area contributed by atoms with E-state index in [1.165, 1.54) is 0 Å². The van der Waals surface area contributed by atoms with Gasteiger partial charge in [-0.25, -0.2) is 0 Å². The number of nitrogens with one attached hydrogen (secondary N) is 1. The summed E-state index contributed by atoms with van der Waals surface area (Å²) in [4.78, 5) is 12.5. The highest BCUT2D eigenvalue weighted by Crippen LogP contribution is 2.31. The van der Waals surface area contributed by atoms with Gasteiger partial charge in [-0.1, -0.05) is 12.1 Å². The van der Waals surface area contributed by atoms with Crippen molar-refractivity contribution in [2.24, 2.45) is 0 Å². The molecule has 1 unspecified atom stereocenters. The largest absolute Gasteiger partial charge is 0.493 e. The Kier molecular flexibility index (Phi) is 7.99. The molecular weight excluding hydrogens is 358 g/mol. The summed E-state index contributed by atoms with van der Waals surface area (Å²) in [6.07, 6.45) is 0.250. The van der Waals surface area contributed by atoms with Crippen LogP contribution < -0.4 is 24.3 Å². The Morgan fingerprint density at radius 1 is 0.893 bits per heavy atom. The molecule has 2 aromatic carbocycles. The number of ether oxygens (including phenoxy) is 4. The number of carbonyl (C=O) groups is 1. The van der Waals surface area contributed by atoms with Crippen LogP contribution in [-0.4, -0.2) is 33.3 Å².